The molecule has 1 rings (SSSR count). The van der Waals surface area contributed by atoms with Crippen LogP contribution >= 0.6 is 0 Å². The van der Waals surface area contributed by atoms with Gasteiger partial charge in [-0.1, -0.05) is 38.5 Å². The van der Waals surface area contributed by atoms with Gasteiger partial charge in [0.1, 0.15) is 0 Å². The summed E-state index contributed by atoms with van der Waals surface area (Å²) < 4.78 is 0. The van der Waals surface area contributed by atoms with E-state index in [1.807, 2.05) is 20.8 Å². The number of nitrogens with one attached hydrogen (secondary N) is 2. The molecular formula is C17H34N2O3. The van der Waals surface area contributed by atoms with Gasteiger partial charge in [0.15, 0.2) is 0 Å². The number of amides is 2. The predicted molar refractivity (Wildman–Crippen MR) is 88.4 cm³/mol. The number of carbonyl (C=O) groups excluding carboxylic acids is 1. The van der Waals surface area contributed by atoms with Crippen LogP contribution in [-0.2, 0) is 4.84 Å². The number of aliphatic hydroxyl groups is 1. The van der Waals surface area contributed by atoms with Crippen molar-refractivity contribution in [2.24, 2.45) is 11.8 Å². The lowest BCUT2D eigenvalue weighted by molar-refractivity contribution is -0.0528. The summed E-state index contributed by atoms with van der Waals surface area (Å²) >= 11 is 0. The molecule has 1 saturated carbocycles. The standard InChI is InChI=1S/C17H34N2O3/c1-17(2,3)22-19-16(21)18-12-8-7-11-15(13-20)14-9-5-4-6-10-14/h14-15,20H,4-13H2,1-3H3,(H2,18,19,21). The van der Waals surface area contributed by atoms with Crippen LogP contribution in [0, 0.1) is 11.8 Å². The average Bonchev–Trinajstić information content (AvgIpc) is 2.49. The lowest BCUT2D eigenvalue weighted by Crippen LogP contribution is -2.40. The van der Waals surface area contributed by atoms with Gasteiger partial charge >= 0.3 is 6.03 Å². The minimum atomic E-state index is -0.383. The van der Waals surface area contributed by atoms with Crippen molar-refractivity contribution < 1.29 is 14.7 Å². The van der Waals surface area contributed by atoms with Gasteiger partial charge in [-0.25, -0.2) is 10.3 Å². The molecule has 0 aromatic rings. The average molecular weight is 314 g/mol. The van der Waals surface area contributed by atoms with Crippen LogP contribution < -0.4 is 10.8 Å². The molecule has 0 aromatic carbocycles. The van der Waals surface area contributed by atoms with Gasteiger partial charge in [-0.15, -0.1) is 0 Å². The normalized spacial score (nSPS) is 18.0. The Kier molecular flexibility index (Phi) is 8.79. The summed E-state index contributed by atoms with van der Waals surface area (Å²) in [4.78, 5) is 16.7. The van der Waals surface area contributed by atoms with Gasteiger partial charge in [-0.2, -0.15) is 0 Å². The topological polar surface area (TPSA) is 70.6 Å². The van der Waals surface area contributed by atoms with E-state index in [1.54, 1.807) is 0 Å². The van der Waals surface area contributed by atoms with Crippen LogP contribution in [0.25, 0.3) is 0 Å². The highest BCUT2D eigenvalue weighted by Gasteiger charge is 2.22. The summed E-state index contributed by atoms with van der Waals surface area (Å²) in [5.41, 5.74) is 2.01. The van der Waals surface area contributed by atoms with E-state index in [0.29, 0.717) is 25.0 Å². The highest BCUT2D eigenvalue weighted by molar-refractivity contribution is 5.72. The van der Waals surface area contributed by atoms with Crippen molar-refractivity contribution in [3.8, 4) is 0 Å². The molecule has 1 fully saturated rings. The summed E-state index contributed by atoms with van der Waals surface area (Å²) in [7, 11) is 0. The third kappa shape index (κ3) is 8.59. The van der Waals surface area contributed by atoms with Crippen molar-refractivity contribution in [2.45, 2.75) is 77.7 Å². The number of aliphatic hydroxyl groups excluding tert-OH is 1. The monoisotopic (exact) mass is 314 g/mol. The second kappa shape index (κ2) is 10.1. The molecule has 2 amide bonds. The van der Waals surface area contributed by atoms with Gasteiger partial charge in [0.2, 0.25) is 0 Å². The number of rotatable bonds is 8. The largest absolute Gasteiger partial charge is 0.396 e. The van der Waals surface area contributed by atoms with Gasteiger partial charge in [-0.3, -0.25) is 4.84 Å². The highest BCUT2D eigenvalue weighted by Crippen LogP contribution is 2.32. The predicted octanol–water partition coefficient (Wildman–Crippen LogP) is 3.37. The van der Waals surface area contributed by atoms with Crippen molar-refractivity contribution in [1.82, 2.24) is 10.8 Å². The molecule has 1 atom stereocenters. The maximum absolute atomic E-state index is 11.5. The molecule has 1 aliphatic carbocycles. The van der Waals surface area contributed by atoms with E-state index in [2.05, 4.69) is 10.8 Å². The van der Waals surface area contributed by atoms with E-state index in [0.717, 1.165) is 19.3 Å². The fraction of sp³-hybridized carbons (Fsp3) is 0.941. The molecule has 130 valence electrons. The fourth-order valence-corrected chi connectivity index (χ4v) is 3.05. The second-order valence-electron chi connectivity index (χ2n) is 7.41. The molecule has 3 N–H and O–H groups in total. The molecular weight excluding hydrogens is 280 g/mol. The molecule has 0 aromatic heterocycles. The summed E-state index contributed by atoms with van der Waals surface area (Å²) in [6, 6.07) is -0.291. The molecule has 0 bridgehead atoms. The van der Waals surface area contributed by atoms with Crippen LogP contribution in [0.5, 0.6) is 0 Å². The van der Waals surface area contributed by atoms with Crippen molar-refractivity contribution in [3.05, 3.63) is 0 Å². The number of hydroxylamine groups is 1. The van der Waals surface area contributed by atoms with Gasteiger partial charge < -0.3 is 10.4 Å². The summed E-state index contributed by atoms with van der Waals surface area (Å²) in [5, 5.41) is 12.4. The Morgan fingerprint density at radius 2 is 1.91 bits per heavy atom. The number of unbranched alkanes of at least 4 members (excludes halogenated alkanes) is 1. The third-order valence-corrected chi connectivity index (χ3v) is 4.29. The number of carbonyl (C=O) groups is 1. The van der Waals surface area contributed by atoms with Crippen molar-refractivity contribution in [1.29, 1.82) is 0 Å². The Morgan fingerprint density at radius 1 is 1.23 bits per heavy atom. The molecule has 0 radical (unpaired) electrons. The molecule has 0 heterocycles. The quantitative estimate of drug-likeness (QED) is 0.475. The third-order valence-electron chi connectivity index (χ3n) is 4.29. The van der Waals surface area contributed by atoms with E-state index in [-0.39, 0.29) is 11.6 Å². The minimum Gasteiger partial charge on any atom is -0.396 e. The Morgan fingerprint density at radius 3 is 2.50 bits per heavy atom. The Balaban J connectivity index is 2.07. The summed E-state index contributed by atoms with van der Waals surface area (Å²) in [6.45, 7) is 6.59. The van der Waals surface area contributed by atoms with E-state index < -0.39 is 0 Å². The second-order valence-corrected chi connectivity index (χ2v) is 7.41. The Hall–Kier alpha value is -0.810. The molecule has 5 heteroatoms. The van der Waals surface area contributed by atoms with E-state index in [9.17, 15) is 9.90 Å². The van der Waals surface area contributed by atoms with E-state index >= 15 is 0 Å². The first-order valence-electron chi connectivity index (χ1n) is 8.75. The lowest BCUT2D eigenvalue weighted by Gasteiger charge is -2.29. The first-order valence-corrected chi connectivity index (χ1v) is 8.75. The van der Waals surface area contributed by atoms with Crippen molar-refractivity contribution in [3.63, 3.8) is 0 Å². The first-order chi connectivity index (χ1) is 10.4. The van der Waals surface area contributed by atoms with E-state index in [1.165, 1.54) is 32.1 Å². The van der Waals surface area contributed by atoms with Gasteiger partial charge in [-0.05, 0) is 45.4 Å². The van der Waals surface area contributed by atoms with Gasteiger partial charge in [0.25, 0.3) is 0 Å². The number of hydrogen-bond donors (Lipinski definition) is 3. The van der Waals surface area contributed by atoms with Crippen molar-refractivity contribution >= 4 is 6.03 Å². The molecule has 1 aliphatic rings. The zero-order chi connectivity index (χ0) is 16.4. The number of urea groups is 1. The van der Waals surface area contributed by atoms with Crippen LogP contribution in [0.15, 0.2) is 0 Å². The maximum atomic E-state index is 11.5. The minimum absolute atomic E-state index is 0.291. The SMILES string of the molecule is CC(C)(C)ONC(=O)NCCCCC(CO)C1CCCCC1. The van der Waals surface area contributed by atoms with Crippen LogP contribution in [0.3, 0.4) is 0 Å². The molecule has 22 heavy (non-hydrogen) atoms. The Bertz CT molecular complexity index is 310. The summed E-state index contributed by atoms with van der Waals surface area (Å²) in [6.07, 6.45) is 9.57. The van der Waals surface area contributed by atoms with E-state index in [4.69, 9.17) is 4.84 Å². The maximum Gasteiger partial charge on any atom is 0.338 e. The zero-order valence-electron chi connectivity index (χ0n) is 14.5. The van der Waals surface area contributed by atoms with Crippen LogP contribution in [0.2, 0.25) is 0 Å². The Labute approximate surface area is 135 Å². The van der Waals surface area contributed by atoms with Crippen LogP contribution in [0.4, 0.5) is 4.79 Å². The number of hydrogen-bond acceptors (Lipinski definition) is 3. The van der Waals surface area contributed by atoms with Crippen molar-refractivity contribution in [2.75, 3.05) is 13.2 Å². The first kappa shape index (κ1) is 19.2. The molecule has 0 spiro atoms. The highest BCUT2D eigenvalue weighted by atomic mass is 16.7. The molecule has 0 saturated heterocycles. The molecule has 1 unspecified atom stereocenters. The van der Waals surface area contributed by atoms with Crippen LogP contribution in [0.1, 0.15) is 72.1 Å². The molecule has 5 nitrogen and oxygen atoms in total. The lowest BCUT2D eigenvalue weighted by atomic mass is 9.78. The van der Waals surface area contributed by atoms with Gasteiger partial charge in [0, 0.05) is 13.2 Å². The smallest absolute Gasteiger partial charge is 0.338 e. The van der Waals surface area contributed by atoms with Gasteiger partial charge in [0.05, 0.1) is 5.60 Å². The zero-order valence-corrected chi connectivity index (χ0v) is 14.5. The summed E-state index contributed by atoms with van der Waals surface area (Å²) in [5.74, 6) is 1.15. The fourth-order valence-electron chi connectivity index (χ4n) is 3.05. The van der Waals surface area contributed by atoms with Crippen LogP contribution in [-0.4, -0.2) is 29.9 Å². The molecule has 0 aliphatic heterocycles.